The van der Waals surface area contributed by atoms with E-state index >= 15 is 0 Å². The molecule has 0 aliphatic carbocycles. The summed E-state index contributed by atoms with van der Waals surface area (Å²) in [5, 5.41) is 8.17. The first-order chi connectivity index (χ1) is 11.3. The molecule has 0 amide bonds. The second-order valence-corrected chi connectivity index (χ2v) is 5.77. The van der Waals surface area contributed by atoms with Crippen molar-refractivity contribution in [2.75, 3.05) is 24.1 Å². The number of H-pyrrole nitrogens is 1. The van der Waals surface area contributed by atoms with Crippen LogP contribution < -0.4 is 16.4 Å². The van der Waals surface area contributed by atoms with E-state index in [1.54, 1.807) is 6.20 Å². The molecule has 7 nitrogen and oxygen atoms in total. The quantitative estimate of drug-likeness (QED) is 0.588. The molecule has 3 aromatic rings. The summed E-state index contributed by atoms with van der Waals surface area (Å²) in [6.07, 6.45) is 7.73. The normalized spacial score (nSPS) is 18.2. The van der Waals surface area contributed by atoms with Gasteiger partial charge < -0.3 is 21.4 Å². The van der Waals surface area contributed by atoms with Crippen LogP contribution in [0.2, 0.25) is 0 Å². The molecular weight excluding hydrogens is 290 g/mol. The Balaban J connectivity index is 1.81. The number of pyridine rings is 1. The number of aromatic amines is 1. The number of piperidine rings is 1. The van der Waals surface area contributed by atoms with E-state index in [4.69, 9.17) is 5.73 Å². The van der Waals surface area contributed by atoms with Crippen molar-refractivity contribution in [1.29, 1.82) is 0 Å². The van der Waals surface area contributed by atoms with Crippen LogP contribution in [-0.2, 0) is 0 Å². The third-order valence-electron chi connectivity index (χ3n) is 4.18. The number of rotatable bonds is 3. The molecule has 5 N–H and O–H groups in total. The maximum absolute atomic E-state index is 5.74. The zero-order valence-corrected chi connectivity index (χ0v) is 12.7. The molecule has 4 rings (SSSR count). The highest BCUT2D eigenvalue weighted by Crippen LogP contribution is 2.33. The number of fused-ring (bicyclic) bond motifs is 1. The topological polar surface area (TPSA) is 105 Å². The molecule has 0 spiro atoms. The van der Waals surface area contributed by atoms with Crippen molar-refractivity contribution in [1.82, 2.24) is 25.3 Å². The molecule has 23 heavy (non-hydrogen) atoms. The molecule has 1 atom stereocenters. The largest absolute Gasteiger partial charge is 0.380 e. The van der Waals surface area contributed by atoms with Gasteiger partial charge in [0.05, 0.1) is 11.4 Å². The lowest BCUT2D eigenvalue weighted by Crippen LogP contribution is -2.38. The van der Waals surface area contributed by atoms with Crippen LogP contribution in [-0.4, -0.2) is 39.1 Å². The lowest BCUT2D eigenvalue weighted by Gasteiger charge is -2.26. The van der Waals surface area contributed by atoms with Gasteiger partial charge in [0, 0.05) is 42.1 Å². The predicted octanol–water partition coefficient (Wildman–Crippen LogP) is 1.77. The van der Waals surface area contributed by atoms with Gasteiger partial charge in [-0.05, 0) is 31.5 Å². The van der Waals surface area contributed by atoms with Crippen LogP contribution in [0.25, 0.3) is 22.3 Å². The van der Waals surface area contributed by atoms with Crippen molar-refractivity contribution < 1.29 is 0 Å². The van der Waals surface area contributed by atoms with Crippen LogP contribution in [0.4, 0.5) is 11.6 Å². The van der Waals surface area contributed by atoms with Crippen LogP contribution in [0.3, 0.4) is 0 Å². The minimum atomic E-state index is 0.266. The molecule has 1 aliphatic rings. The van der Waals surface area contributed by atoms with E-state index in [9.17, 15) is 0 Å². The Morgan fingerprint density at radius 2 is 2.22 bits per heavy atom. The first-order valence-corrected chi connectivity index (χ1v) is 7.83. The minimum absolute atomic E-state index is 0.266. The summed E-state index contributed by atoms with van der Waals surface area (Å²) in [5.41, 5.74) is 9.37. The van der Waals surface area contributed by atoms with Crippen LogP contribution in [0.1, 0.15) is 12.8 Å². The van der Waals surface area contributed by atoms with Crippen LogP contribution in [0.15, 0.2) is 30.7 Å². The zero-order valence-electron chi connectivity index (χ0n) is 12.7. The lowest BCUT2D eigenvalue weighted by molar-refractivity contribution is 0.480. The molecule has 7 heteroatoms. The van der Waals surface area contributed by atoms with E-state index in [1.807, 2.05) is 24.5 Å². The summed E-state index contributed by atoms with van der Waals surface area (Å²) in [6.45, 7) is 2.04. The number of aromatic nitrogens is 4. The fourth-order valence-corrected chi connectivity index (χ4v) is 3.06. The minimum Gasteiger partial charge on any atom is -0.380 e. The number of nitrogens with two attached hydrogens (primary N) is 1. The Bertz CT molecular complexity index is 820. The smallest absolute Gasteiger partial charge is 0.220 e. The number of hydrogen-bond acceptors (Lipinski definition) is 6. The molecule has 118 valence electrons. The van der Waals surface area contributed by atoms with E-state index in [-0.39, 0.29) is 5.95 Å². The Morgan fingerprint density at radius 3 is 3.04 bits per heavy atom. The average molecular weight is 309 g/mol. The predicted molar refractivity (Wildman–Crippen MR) is 91.0 cm³/mol. The summed E-state index contributed by atoms with van der Waals surface area (Å²) in [7, 11) is 0. The van der Waals surface area contributed by atoms with E-state index in [0.29, 0.717) is 6.04 Å². The summed E-state index contributed by atoms with van der Waals surface area (Å²) in [4.78, 5) is 16.0. The Labute approximate surface area is 133 Å². The number of anilines is 2. The van der Waals surface area contributed by atoms with Gasteiger partial charge in [0.25, 0.3) is 0 Å². The monoisotopic (exact) mass is 309 g/mol. The maximum Gasteiger partial charge on any atom is 0.220 e. The van der Waals surface area contributed by atoms with Gasteiger partial charge in [-0.2, -0.15) is 0 Å². The second-order valence-electron chi connectivity index (χ2n) is 5.77. The molecular formula is C16H19N7. The maximum atomic E-state index is 5.74. The molecule has 0 bridgehead atoms. The summed E-state index contributed by atoms with van der Waals surface area (Å²) in [5.74, 6) is 0.266. The second kappa shape index (κ2) is 5.85. The fourth-order valence-electron chi connectivity index (χ4n) is 3.06. The number of hydrogen-bond donors (Lipinski definition) is 4. The van der Waals surface area contributed by atoms with Crippen molar-refractivity contribution in [2.24, 2.45) is 0 Å². The highest BCUT2D eigenvalue weighted by molar-refractivity contribution is 5.97. The fraction of sp³-hybridized carbons (Fsp3) is 0.312. The third kappa shape index (κ3) is 2.70. The number of nitrogens with one attached hydrogen (secondary N) is 3. The van der Waals surface area contributed by atoms with E-state index in [1.165, 1.54) is 6.42 Å². The van der Waals surface area contributed by atoms with Crippen LogP contribution in [0, 0.1) is 0 Å². The van der Waals surface area contributed by atoms with Crippen molar-refractivity contribution in [3.05, 3.63) is 30.7 Å². The molecule has 1 fully saturated rings. The zero-order chi connectivity index (χ0) is 15.6. The number of nitrogens with zero attached hydrogens (tertiary/aromatic N) is 3. The SMILES string of the molecule is Nc1nccc(-c2cnc3[nH]ccc3c2NC2CCCNC2)n1. The molecule has 1 aliphatic heterocycles. The Hall–Kier alpha value is -2.67. The Morgan fingerprint density at radius 1 is 1.26 bits per heavy atom. The average Bonchev–Trinajstić information content (AvgIpc) is 3.05. The van der Waals surface area contributed by atoms with Crippen molar-refractivity contribution >= 4 is 22.7 Å². The molecule has 1 saturated heterocycles. The third-order valence-corrected chi connectivity index (χ3v) is 4.18. The van der Waals surface area contributed by atoms with Crippen LogP contribution >= 0.6 is 0 Å². The standard InChI is InChI=1S/C16H19N7/c17-16-20-7-4-13(23-16)12-9-21-15-11(3-6-19-15)14(12)22-10-2-1-5-18-8-10/h3-4,6-7,9-10,18H,1-2,5,8H2,(H2,17,20,23)(H2,19,21,22). The van der Waals surface area contributed by atoms with Gasteiger partial charge in [0.15, 0.2) is 0 Å². The van der Waals surface area contributed by atoms with Gasteiger partial charge in [-0.1, -0.05) is 0 Å². The molecule has 1 unspecified atom stereocenters. The highest BCUT2D eigenvalue weighted by Gasteiger charge is 2.18. The lowest BCUT2D eigenvalue weighted by atomic mass is 10.0. The van der Waals surface area contributed by atoms with Crippen molar-refractivity contribution in [3.8, 4) is 11.3 Å². The molecule has 4 heterocycles. The first-order valence-electron chi connectivity index (χ1n) is 7.83. The summed E-state index contributed by atoms with van der Waals surface area (Å²) < 4.78 is 0. The molecule has 0 saturated carbocycles. The van der Waals surface area contributed by atoms with Gasteiger partial charge in [-0.25, -0.2) is 15.0 Å². The van der Waals surface area contributed by atoms with Gasteiger partial charge >= 0.3 is 0 Å². The van der Waals surface area contributed by atoms with Crippen molar-refractivity contribution in [2.45, 2.75) is 18.9 Å². The Kier molecular flexibility index (Phi) is 3.55. The first kappa shape index (κ1) is 14.0. The van der Waals surface area contributed by atoms with Gasteiger partial charge in [0.2, 0.25) is 5.95 Å². The van der Waals surface area contributed by atoms with E-state index in [0.717, 1.165) is 47.5 Å². The molecule has 0 radical (unpaired) electrons. The summed E-state index contributed by atoms with van der Waals surface area (Å²) in [6, 6.07) is 4.28. The molecule has 3 aromatic heterocycles. The van der Waals surface area contributed by atoms with Gasteiger partial charge in [-0.15, -0.1) is 0 Å². The highest BCUT2D eigenvalue weighted by atomic mass is 15.0. The van der Waals surface area contributed by atoms with E-state index in [2.05, 4.69) is 30.6 Å². The van der Waals surface area contributed by atoms with E-state index < -0.39 is 0 Å². The van der Waals surface area contributed by atoms with Gasteiger partial charge in [0.1, 0.15) is 5.65 Å². The van der Waals surface area contributed by atoms with Crippen LogP contribution in [0.5, 0.6) is 0 Å². The molecule has 0 aromatic carbocycles. The van der Waals surface area contributed by atoms with Crippen molar-refractivity contribution in [3.63, 3.8) is 0 Å². The number of nitrogen functional groups attached to an aromatic ring is 1. The van der Waals surface area contributed by atoms with Gasteiger partial charge in [-0.3, -0.25) is 0 Å². The summed E-state index contributed by atoms with van der Waals surface area (Å²) >= 11 is 0.